The van der Waals surface area contributed by atoms with Crippen LogP contribution in [0.15, 0.2) is 59.6 Å². The minimum atomic E-state index is -0.536. The van der Waals surface area contributed by atoms with Gasteiger partial charge in [0.1, 0.15) is 5.82 Å². The third kappa shape index (κ3) is 3.83. The van der Waals surface area contributed by atoms with Crippen molar-refractivity contribution in [2.24, 2.45) is 5.73 Å². The smallest absolute Gasteiger partial charge is 0.254 e. The van der Waals surface area contributed by atoms with Gasteiger partial charge < -0.3 is 15.6 Å². The first kappa shape index (κ1) is 17.0. The van der Waals surface area contributed by atoms with E-state index >= 15 is 0 Å². The van der Waals surface area contributed by atoms with Gasteiger partial charge in [-0.25, -0.2) is 4.39 Å². The van der Waals surface area contributed by atoms with Gasteiger partial charge in [0.05, 0.1) is 5.56 Å². The molecule has 0 spiro atoms. The van der Waals surface area contributed by atoms with Crippen LogP contribution < -0.4 is 11.1 Å². The number of amides is 1. The lowest BCUT2D eigenvalue weighted by molar-refractivity contribution is 0.0948. The van der Waals surface area contributed by atoms with Crippen LogP contribution >= 0.6 is 11.8 Å². The summed E-state index contributed by atoms with van der Waals surface area (Å²) in [6.45, 7) is 0.884. The summed E-state index contributed by atoms with van der Waals surface area (Å²) in [5.41, 5.74) is 6.51. The van der Waals surface area contributed by atoms with Crippen LogP contribution in [0.3, 0.4) is 0 Å². The molecule has 5 nitrogen and oxygen atoms in total. The van der Waals surface area contributed by atoms with E-state index in [1.165, 1.54) is 23.9 Å². The lowest BCUT2D eigenvalue weighted by Gasteiger charge is -2.08. The molecule has 1 heterocycles. The number of hydrogen-bond acceptors (Lipinski definition) is 3. The molecule has 0 atom stereocenters. The van der Waals surface area contributed by atoms with Gasteiger partial charge in [0.2, 0.25) is 0 Å². The zero-order valence-corrected chi connectivity index (χ0v) is 14.1. The quantitative estimate of drug-likeness (QED) is 0.373. The van der Waals surface area contributed by atoms with Crippen molar-refractivity contribution in [2.45, 2.75) is 11.4 Å². The van der Waals surface area contributed by atoms with E-state index in [2.05, 4.69) is 5.32 Å². The summed E-state index contributed by atoms with van der Waals surface area (Å²) in [6, 6.07) is 13.7. The standard InChI is InChI=1S/C18H17FN4OS/c19-14-7-3-1-5-12(14)17(24)22-9-10-23-11-16(25-18(20)21)13-6-2-4-8-15(13)23/h1-8,11H,9-10H2,(H3,20,21)(H,22,24). The number of fused-ring (bicyclic) bond motifs is 1. The number of nitrogens with one attached hydrogen (secondary N) is 2. The van der Waals surface area contributed by atoms with Gasteiger partial charge in [-0.2, -0.15) is 0 Å². The van der Waals surface area contributed by atoms with Crippen LogP contribution in [0.5, 0.6) is 0 Å². The van der Waals surface area contributed by atoms with Gasteiger partial charge in [-0.15, -0.1) is 0 Å². The van der Waals surface area contributed by atoms with E-state index in [1.54, 1.807) is 12.1 Å². The van der Waals surface area contributed by atoms with Crippen LogP contribution in [0.4, 0.5) is 4.39 Å². The molecule has 25 heavy (non-hydrogen) atoms. The molecule has 0 saturated carbocycles. The Bertz CT molecular complexity index is 938. The van der Waals surface area contributed by atoms with Gasteiger partial charge in [0, 0.05) is 35.1 Å². The van der Waals surface area contributed by atoms with Crippen molar-refractivity contribution in [3.8, 4) is 0 Å². The van der Waals surface area contributed by atoms with Gasteiger partial charge in [0.25, 0.3) is 5.91 Å². The van der Waals surface area contributed by atoms with Crippen LogP contribution in [-0.2, 0) is 6.54 Å². The highest BCUT2D eigenvalue weighted by molar-refractivity contribution is 8.13. The summed E-state index contributed by atoms with van der Waals surface area (Å²) in [7, 11) is 0. The van der Waals surface area contributed by atoms with Gasteiger partial charge in [-0.05, 0) is 18.2 Å². The molecule has 2 aromatic carbocycles. The number of amidine groups is 1. The fourth-order valence-corrected chi connectivity index (χ4v) is 3.33. The first-order chi connectivity index (χ1) is 12.1. The van der Waals surface area contributed by atoms with Crippen molar-refractivity contribution in [2.75, 3.05) is 6.54 Å². The van der Waals surface area contributed by atoms with Crippen molar-refractivity contribution in [3.05, 3.63) is 66.1 Å². The molecule has 128 valence electrons. The van der Waals surface area contributed by atoms with E-state index in [-0.39, 0.29) is 10.7 Å². The molecular weight excluding hydrogens is 339 g/mol. The molecule has 0 bridgehead atoms. The molecule has 0 radical (unpaired) electrons. The second-order valence-electron chi connectivity index (χ2n) is 5.41. The molecule has 0 fully saturated rings. The number of carbonyl (C=O) groups excluding carboxylic acids is 1. The van der Waals surface area contributed by atoms with Crippen LogP contribution in [0.25, 0.3) is 10.9 Å². The zero-order chi connectivity index (χ0) is 17.8. The predicted octanol–water partition coefficient (Wildman–Crippen LogP) is 3.20. The molecule has 7 heteroatoms. The van der Waals surface area contributed by atoms with Crippen LogP contribution in [0.2, 0.25) is 0 Å². The van der Waals surface area contributed by atoms with E-state index in [0.717, 1.165) is 15.8 Å². The second kappa shape index (κ2) is 7.40. The normalized spacial score (nSPS) is 10.8. The summed E-state index contributed by atoms with van der Waals surface area (Å²) in [6.07, 6.45) is 1.91. The van der Waals surface area contributed by atoms with E-state index in [9.17, 15) is 9.18 Å². The largest absolute Gasteiger partial charge is 0.378 e. The number of carbonyl (C=O) groups is 1. The highest BCUT2D eigenvalue weighted by Gasteiger charge is 2.12. The fraction of sp³-hybridized carbons (Fsp3) is 0.111. The van der Waals surface area contributed by atoms with E-state index < -0.39 is 11.7 Å². The summed E-state index contributed by atoms with van der Waals surface area (Å²) in [5.74, 6) is -0.973. The minimum absolute atomic E-state index is 0.0239. The number of nitrogens with two attached hydrogens (primary N) is 1. The van der Waals surface area contributed by atoms with Gasteiger partial charge >= 0.3 is 0 Å². The minimum Gasteiger partial charge on any atom is -0.378 e. The van der Waals surface area contributed by atoms with Crippen molar-refractivity contribution >= 4 is 33.7 Å². The van der Waals surface area contributed by atoms with Crippen LogP contribution in [-0.4, -0.2) is 22.2 Å². The van der Waals surface area contributed by atoms with Gasteiger partial charge in [0.15, 0.2) is 5.17 Å². The lowest BCUT2D eigenvalue weighted by atomic mass is 10.2. The molecule has 4 N–H and O–H groups in total. The topological polar surface area (TPSA) is 83.9 Å². The molecule has 0 aliphatic heterocycles. The number of benzene rings is 2. The number of halogens is 1. The second-order valence-corrected chi connectivity index (χ2v) is 6.49. The fourth-order valence-electron chi connectivity index (χ4n) is 2.63. The molecule has 3 rings (SSSR count). The number of thioether (sulfide) groups is 1. The monoisotopic (exact) mass is 356 g/mol. The van der Waals surface area contributed by atoms with Crippen LogP contribution in [0.1, 0.15) is 10.4 Å². The Kier molecular flexibility index (Phi) is 5.04. The predicted molar refractivity (Wildman–Crippen MR) is 98.4 cm³/mol. The van der Waals surface area contributed by atoms with E-state index in [0.29, 0.717) is 13.1 Å². The molecule has 0 aliphatic rings. The number of para-hydroxylation sites is 1. The molecule has 0 unspecified atom stereocenters. The third-order valence-electron chi connectivity index (χ3n) is 3.73. The summed E-state index contributed by atoms with van der Waals surface area (Å²) >= 11 is 1.19. The number of hydrogen-bond donors (Lipinski definition) is 3. The molecular formula is C18H17FN4OS. The molecule has 1 aromatic heterocycles. The van der Waals surface area contributed by atoms with Crippen molar-refractivity contribution in [3.63, 3.8) is 0 Å². The van der Waals surface area contributed by atoms with Gasteiger partial charge in [-0.3, -0.25) is 10.2 Å². The maximum absolute atomic E-state index is 13.6. The Balaban J connectivity index is 1.72. The maximum atomic E-state index is 13.6. The number of aromatic nitrogens is 1. The van der Waals surface area contributed by atoms with Gasteiger partial charge in [-0.1, -0.05) is 42.1 Å². The SMILES string of the molecule is N=C(N)Sc1cn(CCNC(=O)c2ccccc2F)c2ccccc12. The Morgan fingerprint density at radius 3 is 2.68 bits per heavy atom. The first-order valence-electron chi connectivity index (χ1n) is 7.68. The molecule has 0 saturated heterocycles. The van der Waals surface area contributed by atoms with E-state index in [1.807, 2.05) is 35.0 Å². The average Bonchev–Trinajstić information content (AvgIpc) is 2.93. The highest BCUT2D eigenvalue weighted by atomic mass is 32.2. The van der Waals surface area contributed by atoms with Crippen LogP contribution in [0, 0.1) is 11.2 Å². The Morgan fingerprint density at radius 1 is 1.20 bits per heavy atom. The Morgan fingerprint density at radius 2 is 1.92 bits per heavy atom. The lowest BCUT2D eigenvalue weighted by Crippen LogP contribution is -2.27. The van der Waals surface area contributed by atoms with E-state index in [4.69, 9.17) is 11.1 Å². The molecule has 3 aromatic rings. The molecule has 1 amide bonds. The van der Waals surface area contributed by atoms with Crippen molar-refractivity contribution in [1.29, 1.82) is 5.41 Å². The zero-order valence-electron chi connectivity index (χ0n) is 13.3. The number of rotatable bonds is 5. The molecule has 0 aliphatic carbocycles. The summed E-state index contributed by atoms with van der Waals surface area (Å²) in [5, 5.41) is 11.2. The summed E-state index contributed by atoms with van der Waals surface area (Å²) < 4.78 is 15.6. The number of nitrogens with zero attached hydrogens (tertiary/aromatic N) is 1. The average molecular weight is 356 g/mol. The Hall–Kier alpha value is -2.80. The first-order valence-corrected chi connectivity index (χ1v) is 8.50. The Labute approximate surface area is 148 Å². The van der Waals surface area contributed by atoms with Crippen molar-refractivity contribution in [1.82, 2.24) is 9.88 Å². The maximum Gasteiger partial charge on any atom is 0.254 e. The highest BCUT2D eigenvalue weighted by Crippen LogP contribution is 2.29. The third-order valence-corrected chi connectivity index (χ3v) is 4.49. The van der Waals surface area contributed by atoms with Crippen molar-refractivity contribution < 1.29 is 9.18 Å². The summed E-state index contributed by atoms with van der Waals surface area (Å²) in [4.78, 5) is 13.0.